The summed E-state index contributed by atoms with van der Waals surface area (Å²) in [6.07, 6.45) is 3.89. The fourth-order valence-electron chi connectivity index (χ4n) is 1.58. The van der Waals surface area contributed by atoms with Gasteiger partial charge in [0, 0.05) is 24.1 Å². The quantitative estimate of drug-likeness (QED) is 0.642. The Balaban J connectivity index is 2.23. The van der Waals surface area contributed by atoms with E-state index < -0.39 is 0 Å². The topological polar surface area (TPSA) is 81.7 Å². The van der Waals surface area contributed by atoms with E-state index in [4.69, 9.17) is 5.84 Å². The van der Waals surface area contributed by atoms with Crippen LogP contribution in [0.2, 0.25) is 0 Å². The van der Waals surface area contributed by atoms with Gasteiger partial charge in [-0.25, -0.2) is 4.98 Å². The zero-order valence-electron chi connectivity index (χ0n) is 9.34. The Morgan fingerprint density at radius 3 is 2.94 bits per heavy atom. The Labute approximate surface area is 107 Å². The minimum Gasteiger partial charge on any atom is -0.271 e. The molecule has 0 radical (unpaired) electrons. The number of rotatable bonds is 4. The van der Waals surface area contributed by atoms with Gasteiger partial charge in [0.1, 0.15) is 12.2 Å². The van der Waals surface area contributed by atoms with Crippen molar-refractivity contribution in [2.45, 2.75) is 12.5 Å². The number of nitrogens with two attached hydrogens (primary N) is 1. The Morgan fingerprint density at radius 1 is 1.53 bits per heavy atom. The third-order valence-corrected chi connectivity index (χ3v) is 3.18. The Morgan fingerprint density at radius 2 is 2.35 bits per heavy atom. The molecule has 1 unspecified atom stereocenters. The van der Waals surface area contributed by atoms with Crippen molar-refractivity contribution in [1.29, 1.82) is 0 Å². The molecule has 6 nitrogen and oxygen atoms in total. The fraction of sp³-hybridized carbons (Fsp3) is 0.300. The van der Waals surface area contributed by atoms with Crippen LogP contribution in [-0.4, -0.2) is 19.7 Å². The lowest BCUT2D eigenvalue weighted by Gasteiger charge is -2.15. The van der Waals surface area contributed by atoms with Crippen molar-refractivity contribution in [1.82, 2.24) is 25.2 Å². The highest BCUT2D eigenvalue weighted by molar-refractivity contribution is 9.10. The molecule has 0 amide bonds. The van der Waals surface area contributed by atoms with Crippen LogP contribution in [-0.2, 0) is 13.5 Å². The van der Waals surface area contributed by atoms with Gasteiger partial charge in [-0.1, -0.05) is 0 Å². The minimum absolute atomic E-state index is 0.103. The molecular formula is C10H13BrN6. The number of hydrazine groups is 1. The van der Waals surface area contributed by atoms with E-state index >= 15 is 0 Å². The summed E-state index contributed by atoms with van der Waals surface area (Å²) in [6, 6.07) is 3.70. The third kappa shape index (κ3) is 2.68. The zero-order valence-corrected chi connectivity index (χ0v) is 10.9. The molecule has 2 heterocycles. The lowest BCUT2D eigenvalue weighted by atomic mass is 10.1. The molecule has 1 atom stereocenters. The van der Waals surface area contributed by atoms with Crippen molar-refractivity contribution in [3.8, 4) is 0 Å². The second kappa shape index (κ2) is 5.35. The van der Waals surface area contributed by atoms with E-state index in [1.54, 1.807) is 10.9 Å². The molecule has 0 saturated carbocycles. The number of halogens is 1. The van der Waals surface area contributed by atoms with Crippen LogP contribution in [0.5, 0.6) is 0 Å². The standard InChI is InChI=1S/C10H13BrN6/c1-17-9(14-6-15-17)5-8(16-12)10-7(11)3-2-4-13-10/h2-4,6,8,16H,5,12H2,1H3. The van der Waals surface area contributed by atoms with Crippen LogP contribution in [0, 0.1) is 0 Å². The Kier molecular flexibility index (Phi) is 3.82. The molecule has 90 valence electrons. The van der Waals surface area contributed by atoms with E-state index in [9.17, 15) is 0 Å². The first-order valence-electron chi connectivity index (χ1n) is 5.11. The number of pyridine rings is 1. The monoisotopic (exact) mass is 296 g/mol. The Bertz CT molecular complexity index is 497. The van der Waals surface area contributed by atoms with Gasteiger partial charge in [-0.3, -0.25) is 20.9 Å². The van der Waals surface area contributed by atoms with E-state index in [0.717, 1.165) is 16.0 Å². The molecular weight excluding hydrogens is 284 g/mol. The number of nitrogens with one attached hydrogen (secondary N) is 1. The van der Waals surface area contributed by atoms with Gasteiger partial charge in [0.2, 0.25) is 0 Å². The van der Waals surface area contributed by atoms with Crippen molar-refractivity contribution < 1.29 is 0 Å². The van der Waals surface area contributed by atoms with Crippen LogP contribution in [0.4, 0.5) is 0 Å². The van der Waals surface area contributed by atoms with Gasteiger partial charge in [0.25, 0.3) is 0 Å². The van der Waals surface area contributed by atoms with E-state index in [0.29, 0.717) is 6.42 Å². The lowest BCUT2D eigenvalue weighted by molar-refractivity contribution is 0.510. The van der Waals surface area contributed by atoms with Gasteiger partial charge >= 0.3 is 0 Å². The molecule has 0 saturated heterocycles. The number of aryl methyl sites for hydroxylation is 1. The van der Waals surface area contributed by atoms with Gasteiger partial charge in [0.05, 0.1) is 11.7 Å². The summed E-state index contributed by atoms with van der Waals surface area (Å²) in [5, 5.41) is 4.02. The second-order valence-electron chi connectivity index (χ2n) is 3.59. The molecule has 2 aromatic rings. The van der Waals surface area contributed by atoms with Gasteiger partial charge in [0.15, 0.2) is 0 Å². The van der Waals surface area contributed by atoms with Gasteiger partial charge in [-0.2, -0.15) is 5.10 Å². The van der Waals surface area contributed by atoms with Crippen molar-refractivity contribution in [3.63, 3.8) is 0 Å². The molecule has 3 N–H and O–H groups in total. The molecule has 0 aliphatic rings. The number of nitrogens with zero attached hydrogens (tertiary/aromatic N) is 4. The van der Waals surface area contributed by atoms with Crippen LogP contribution in [0.15, 0.2) is 29.1 Å². The summed E-state index contributed by atoms with van der Waals surface area (Å²) in [5.74, 6) is 6.42. The highest BCUT2D eigenvalue weighted by Gasteiger charge is 2.17. The molecule has 2 aromatic heterocycles. The van der Waals surface area contributed by atoms with Gasteiger partial charge < -0.3 is 0 Å². The summed E-state index contributed by atoms with van der Waals surface area (Å²) < 4.78 is 2.64. The van der Waals surface area contributed by atoms with E-state index in [1.165, 1.54) is 6.33 Å². The number of aromatic nitrogens is 4. The molecule has 7 heteroatoms. The van der Waals surface area contributed by atoms with E-state index in [2.05, 4.69) is 36.4 Å². The summed E-state index contributed by atoms with van der Waals surface area (Å²) in [4.78, 5) is 8.48. The maximum absolute atomic E-state index is 5.57. The Hall–Kier alpha value is -1.31. The van der Waals surface area contributed by atoms with E-state index in [1.807, 2.05) is 19.2 Å². The van der Waals surface area contributed by atoms with Crippen LogP contribution in [0.1, 0.15) is 17.6 Å². The SMILES string of the molecule is Cn1ncnc1CC(NN)c1ncccc1Br. The molecule has 2 rings (SSSR count). The lowest BCUT2D eigenvalue weighted by Crippen LogP contribution is -2.31. The van der Waals surface area contributed by atoms with E-state index in [-0.39, 0.29) is 6.04 Å². The molecule has 0 bridgehead atoms. The van der Waals surface area contributed by atoms with Crippen molar-refractivity contribution in [2.24, 2.45) is 12.9 Å². The maximum Gasteiger partial charge on any atom is 0.138 e. The van der Waals surface area contributed by atoms with Gasteiger partial charge in [-0.15, -0.1) is 0 Å². The predicted octanol–water partition coefficient (Wildman–Crippen LogP) is 0.720. The summed E-state index contributed by atoms with van der Waals surface area (Å²) in [5.41, 5.74) is 3.61. The first kappa shape index (κ1) is 12.2. The smallest absolute Gasteiger partial charge is 0.138 e. The number of hydrogen-bond donors (Lipinski definition) is 2. The van der Waals surface area contributed by atoms with Gasteiger partial charge in [-0.05, 0) is 28.1 Å². The maximum atomic E-state index is 5.57. The first-order valence-corrected chi connectivity index (χ1v) is 5.91. The summed E-state index contributed by atoms with van der Waals surface area (Å²) in [7, 11) is 1.85. The zero-order chi connectivity index (χ0) is 12.3. The molecule has 0 aliphatic heterocycles. The fourth-order valence-corrected chi connectivity index (χ4v) is 2.11. The summed E-state index contributed by atoms with van der Waals surface area (Å²) >= 11 is 3.46. The second-order valence-corrected chi connectivity index (χ2v) is 4.45. The van der Waals surface area contributed by atoms with Crippen LogP contribution in [0.3, 0.4) is 0 Å². The first-order chi connectivity index (χ1) is 8.22. The van der Waals surface area contributed by atoms with Crippen molar-refractivity contribution in [2.75, 3.05) is 0 Å². The van der Waals surface area contributed by atoms with Crippen LogP contribution >= 0.6 is 15.9 Å². The highest BCUT2D eigenvalue weighted by Crippen LogP contribution is 2.22. The molecule has 0 fully saturated rings. The van der Waals surface area contributed by atoms with Crippen molar-refractivity contribution in [3.05, 3.63) is 40.6 Å². The van der Waals surface area contributed by atoms with Crippen LogP contribution < -0.4 is 11.3 Å². The van der Waals surface area contributed by atoms with Crippen LogP contribution in [0.25, 0.3) is 0 Å². The van der Waals surface area contributed by atoms with Crippen molar-refractivity contribution >= 4 is 15.9 Å². The average Bonchev–Trinajstić information content (AvgIpc) is 2.73. The average molecular weight is 297 g/mol. The third-order valence-electron chi connectivity index (χ3n) is 2.51. The molecule has 0 aliphatic carbocycles. The minimum atomic E-state index is -0.103. The normalized spacial score (nSPS) is 12.6. The predicted molar refractivity (Wildman–Crippen MR) is 66.7 cm³/mol. The molecule has 0 spiro atoms. The molecule has 0 aromatic carbocycles. The highest BCUT2D eigenvalue weighted by atomic mass is 79.9. The largest absolute Gasteiger partial charge is 0.271 e. The molecule has 17 heavy (non-hydrogen) atoms. The summed E-state index contributed by atoms with van der Waals surface area (Å²) in [6.45, 7) is 0. The number of hydrogen-bond acceptors (Lipinski definition) is 5.